The van der Waals surface area contributed by atoms with Crippen molar-refractivity contribution >= 4 is 10.8 Å². The number of aliphatic hydroxyl groups is 1. The first kappa shape index (κ1) is 12.6. The van der Waals surface area contributed by atoms with Crippen LogP contribution in [0.4, 0.5) is 0 Å². The third-order valence-corrected chi connectivity index (χ3v) is 2.98. The van der Waals surface area contributed by atoms with E-state index in [1.807, 2.05) is 44.2 Å². The Morgan fingerprint density at radius 3 is 2.44 bits per heavy atom. The quantitative estimate of drug-likeness (QED) is 0.778. The SMILES string of the molecule is CC(C)=C=CC(C)(O)c1ccc2ccccc2c1. The van der Waals surface area contributed by atoms with E-state index in [4.69, 9.17) is 0 Å². The summed E-state index contributed by atoms with van der Waals surface area (Å²) in [5, 5.41) is 12.8. The van der Waals surface area contributed by atoms with Gasteiger partial charge in [-0.25, -0.2) is 0 Å². The molecule has 1 N–H and O–H groups in total. The fourth-order valence-electron chi connectivity index (χ4n) is 1.87. The van der Waals surface area contributed by atoms with Crippen molar-refractivity contribution in [2.24, 2.45) is 0 Å². The monoisotopic (exact) mass is 238 g/mol. The smallest absolute Gasteiger partial charge is 0.112 e. The minimum absolute atomic E-state index is 0.884. The zero-order chi connectivity index (χ0) is 13.2. The molecule has 0 fully saturated rings. The van der Waals surface area contributed by atoms with Crippen molar-refractivity contribution in [2.45, 2.75) is 26.4 Å². The van der Waals surface area contributed by atoms with Gasteiger partial charge in [-0.05, 0) is 54.8 Å². The third-order valence-electron chi connectivity index (χ3n) is 2.98. The van der Waals surface area contributed by atoms with Crippen LogP contribution in [-0.4, -0.2) is 5.11 Å². The number of fused-ring (bicyclic) bond motifs is 1. The topological polar surface area (TPSA) is 20.2 Å². The molecule has 1 nitrogen and oxygen atoms in total. The zero-order valence-electron chi connectivity index (χ0n) is 11.1. The molecule has 0 aliphatic heterocycles. The summed E-state index contributed by atoms with van der Waals surface area (Å²) in [6, 6.07) is 14.2. The van der Waals surface area contributed by atoms with Crippen molar-refractivity contribution in [3.8, 4) is 0 Å². The lowest BCUT2D eigenvalue weighted by atomic mass is 9.93. The fourth-order valence-corrected chi connectivity index (χ4v) is 1.87. The van der Waals surface area contributed by atoms with Crippen LogP contribution in [-0.2, 0) is 5.60 Å². The summed E-state index contributed by atoms with van der Waals surface area (Å²) in [5.41, 5.74) is 4.03. The average Bonchev–Trinajstić information content (AvgIpc) is 2.36. The predicted molar refractivity (Wildman–Crippen MR) is 76.5 cm³/mol. The van der Waals surface area contributed by atoms with E-state index in [2.05, 4.69) is 17.9 Å². The van der Waals surface area contributed by atoms with E-state index in [-0.39, 0.29) is 0 Å². The van der Waals surface area contributed by atoms with Gasteiger partial charge in [0.25, 0.3) is 0 Å². The number of benzene rings is 2. The minimum atomic E-state index is -0.985. The van der Waals surface area contributed by atoms with Crippen LogP contribution in [0.15, 0.2) is 59.8 Å². The van der Waals surface area contributed by atoms with E-state index in [0.717, 1.165) is 16.5 Å². The van der Waals surface area contributed by atoms with E-state index in [0.29, 0.717) is 0 Å². The van der Waals surface area contributed by atoms with Gasteiger partial charge in [-0.3, -0.25) is 0 Å². The molecule has 92 valence electrons. The van der Waals surface area contributed by atoms with Gasteiger partial charge in [0.15, 0.2) is 0 Å². The second kappa shape index (κ2) is 4.81. The summed E-state index contributed by atoms with van der Waals surface area (Å²) in [6.45, 7) is 5.72. The van der Waals surface area contributed by atoms with Crippen LogP contribution in [0.25, 0.3) is 10.8 Å². The molecule has 0 amide bonds. The molecule has 2 rings (SSSR count). The van der Waals surface area contributed by atoms with E-state index in [1.54, 1.807) is 13.0 Å². The minimum Gasteiger partial charge on any atom is -0.381 e. The summed E-state index contributed by atoms with van der Waals surface area (Å²) < 4.78 is 0. The molecule has 0 aliphatic rings. The van der Waals surface area contributed by atoms with E-state index in [1.165, 1.54) is 5.39 Å². The maximum atomic E-state index is 10.5. The van der Waals surface area contributed by atoms with Gasteiger partial charge >= 0.3 is 0 Å². The molecule has 0 radical (unpaired) electrons. The number of hydrogen-bond acceptors (Lipinski definition) is 1. The van der Waals surface area contributed by atoms with Gasteiger partial charge in [-0.15, -0.1) is 5.73 Å². The molecule has 0 spiro atoms. The summed E-state index contributed by atoms with van der Waals surface area (Å²) in [7, 11) is 0. The highest BCUT2D eigenvalue weighted by molar-refractivity contribution is 5.83. The largest absolute Gasteiger partial charge is 0.381 e. The Kier molecular flexibility index (Phi) is 3.38. The summed E-state index contributed by atoms with van der Waals surface area (Å²) in [4.78, 5) is 0. The fraction of sp³-hybridized carbons (Fsp3) is 0.235. The second-order valence-corrected chi connectivity index (χ2v) is 5.00. The van der Waals surface area contributed by atoms with Gasteiger partial charge < -0.3 is 5.11 Å². The molecule has 18 heavy (non-hydrogen) atoms. The Morgan fingerprint density at radius 2 is 1.78 bits per heavy atom. The molecule has 0 saturated carbocycles. The molecular weight excluding hydrogens is 220 g/mol. The molecule has 0 saturated heterocycles. The lowest BCUT2D eigenvalue weighted by Crippen LogP contribution is -2.17. The Bertz CT molecular complexity index is 625. The van der Waals surface area contributed by atoms with Crippen LogP contribution in [0, 0.1) is 0 Å². The predicted octanol–water partition coefficient (Wildman–Crippen LogP) is 4.17. The molecule has 1 heteroatoms. The van der Waals surface area contributed by atoms with Crippen LogP contribution in [0.5, 0.6) is 0 Å². The first-order valence-corrected chi connectivity index (χ1v) is 6.12. The molecule has 1 atom stereocenters. The summed E-state index contributed by atoms with van der Waals surface area (Å²) >= 11 is 0. The number of hydrogen-bond donors (Lipinski definition) is 1. The van der Waals surface area contributed by atoms with Crippen molar-refractivity contribution < 1.29 is 5.11 Å². The first-order valence-electron chi connectivity index (χ1n) is 6.12. The highest BCUT2D eigenvalue weighted by Gasteiger charge is 2.19. The Balaban J connectivity index is 2.51. The van der Waals surface area contributed by atoms with Crippen molar-refractivity contribution in [3.05, 3.63) is 65.4 Å². The van der Waals surface area contributed by atoms with Crippen molar-refractivity contribution in [1.82, 2.24) is 0 Å². The molecule has 2 aromatic carbocycles. The van der Waals surface area contributed by atoms with Crippen LogP contribution in [0.3, 0.4) is 0 Å². The second-order valence-electron chi connectivity index (χ2n) is 5.00. The van der Waals surface area contributed by atoms with Crippen molar-refractivity contribution in [3.63, 3.8) is 0 Å². The average molecular weight is 238 g/mol. The van der Waals surface area contributed by atoms with Crippen LogP contribution in [0.2, 0.25) is 0 Å². The normalized spacial score (nSPS) is 13.8. The Labute approximate surface area is 108 Å². The summed E-state index contributed by atoms with van der Waals surface area (Å²) in [5.74, 6) is 0. The molecular formula is C17H18O. The van der Waals surface area contributed by atoms with Crippen molar-refractivity contribution in [1.29, 1.82) is 0 Å². The third kappa shape index (κ3) is 2.70. The lowest BCUT2D eigenvalue weighted by molar-refractivity contribution is 0.111. The first-order chi connectivity index (χ1) is 8.49. The maximum Gasteiger partial charge on any atom is 0.112 e. The standard InChI is InChI=1S/C17H18O/c1-13(2)10-11-17(3,18)16-9-8-14-6-4-5-7-15(14)12-16/h4-9,11-12,18H,1-3H3. The number of rotatable bonds is 2. The summed E-state index contributed by atoms with van der Waals surface area (Å²) in [6.07, 6.45) is 1.71. The van der Waals surface area contributed by atoms with Gasteiger partial charge in [0, 0.05) is 0 Å². The molecule has 0 aliphatic carbocycles. The Hall–Kier alpha value is -1.82. The Morgan fingerprint density at radius 1 is 1.11 bits per heavy atom. The van der Waals surface area contributed by atoms with Gasteiger partial charge in [0.2, 0.25) is 0 Å². The van der Waals surface area contributed by atoms with Gasteiger partial charge in [-0.1, -0.05) is 36.4 Å². The van der Waals surface area contributed by atoms with Crippen LogP contribution in [0.1, 0.15) is 26.3 Å². The molecule has 2 aromatic rings. The molecule has 0 bridgehead atoms. The molecule has 1 unspecified atom stereocenters. The lowest BCUT2D eigenvalue weighted by Gasteiger charge is -2.19. The van der Waals surface area contributed by atoms with Crippen LogP contribution < -0.4 is 0 Å². The highest BCUT2D eigenvalue weighted by atomic mass is 16.3. The van der Waals surface area contributed by atoms with Gasteiger partial charge in [0.05, 0.1) is 0 Å². The van der Waals surface area contributed by atoms with E-state index in [9.17, 15) is 5.11 Å². The molecule has 0 aromatic heterocycles. The molecule has 0 heterocycles. The zero-order valence-corrected chi connectivity index (χ0v) is 11.1. The maximum absolute atomic E-state index is 10.5. The van der Waals surface area contributed by atoms with Crippen molar-refractivity contribution in [2.75, 3.05) is 0 Å². The van der Waals surface area contributed by atoms with Gasteiger partial charge in [-0.2, -0.15) is 0 Å². The van der Waals surface area contributed by atoms with Crippen LogP contribution >= 0.6 is 0 Å². The van der Waals surface area contributed by atoms with Gasteiger partial charge in [0.1, 0.15) is 5.60 Å². The van der Waals surface area contributed by atoms with E-state index < -0.39 is 5.60 Å². The highest BCUT2D eigenvalue weighted by Crippen LogP contribution is 2.25. The van der Waals surface area contributed by atoms with E-state index >= 15 is 0 Å².